The van der Waals surface area contributed by atoms with Gasteiger partial charge in [-0.25, -0.2) is 17.5 Å². The van der Waals surface area contributed by atoms with Gasteiger partial charge in [0.1, 0.15) is 0 Å². The standard InChI is InChI=1S/C23H17NO7S/c25-23(26)31-22-21(16-10-11-18-19(12-16)30-14-29-18)17-8-4-5-9-20(17)32(27,28)24(22)13-15-6-2-1-3-7-15/h1-12H,13-14H2,(H,25,26). The number of fused-ring (bicyclic) bond motifs is 2. The van der Waals surface area contributed by atoms with E-state index in [9.17, 15) is 18.3 Å². The van der Waals surface area contributed by atoms with Crippen LogP contribution in [-0.4, -0.2) is 30.8 Å². The maximum atomic E-state index is 13.5. The molecule has 8 nitrogen and oxygen atoms in total. The molecule has 0 spiro atoms. The van der Waals surface area contributed by atoms with Crippen LogP contribution in [0.2, 0.25) is 0 Å². The average Bonchev–Trinajstić information content (AvgIpc) is 3.25. The summed E-state index contributed by atoms with van der Waals surface area (Å²) >= 11 is 0. The molecule has 0 bridgehead atoms. The molecule has 0 saturated carbocycles. The van der Waals surface area contributed by atoms with E-state index in [2.05, 4.69) is 0 Å². The summed E-state index contributed by atoms with van der Waals surface area (Å²) in [5.41, 5.74) is 1.87. The molecule has 0 fully saturated rings. The van der Waals surface area contributed by atoms with Gasteiger partial charge in [0.2, 0.25) is 12.7 Å². The lowest BCUT2D eigenvalue weighted by Gasteiger charge is -2.32. The molecular formula is C23H17NO7S. The van der Waals surface area contributed by atoms with Crippen molar-refractivity contribution in [3.63, 3.8) is 0 Å². The number of sulfonamides is 1. The lowest BCUT2D eigenvalue weighted by molar-refractivity contribution is 0.101. The van der Waals surface area contributed by atoms with Crippen molar-refractivity contribution in [2.75, 3.05) is 6.79 Å². The molecule has 0 aliphatic carbocycles. The van der Waals surface area contributed by atoms with E-state index in [0.29, 0.717) is 33.8 Å². The van der Waals surface area contributed by atoms with Gasteiger partial charge >= 0.3 is 6.16 Å². The number of hydrogen-bond donors (Lipinski definition) is 1. The fraction of sp³-hybridized carbons (Fsp3) is 0.0870. The van der Waals surface area contributed by atoms with Crippen molar-refractivity contribution in [1.29, 1.82) is 0 Å². The van der Waals surface area contributed by atoms with Crippen molar-refractivity contribution in [2.24, 2.45) is 0 Å². The van der Waals surface area contributed by atoms with Crippen LogP contribution in [0.4, 0.5) is 4.79 Å². The van der Waals surface area contributed by atoms with Crippen molar-refractivity contribution in [3.8, 4) is 11.5 Å². The largest absolute Gasteiger partial charge is 0.512 e. The van der Waals surface area contributed by atoms with E-state index >= 15 is 0 Å². The Bertz CT molecular complexity index is 1350. The summed E-state index contributed by atoms with van der Waals surface area (Å²) in [6.07, 6.45) is -1.62. The molecule has 32 heavy (non-hydrogen) atoms. The fourth-order valence-electron chi connectivity index (χ4n) is 3.79. The van der Waals surface area contributed by atoms with E-state index in [1.807, 2.05) is 6.07 Å². The Labute approximate surface area is 183 Å². The molecule has 2 heterocycles. The second kappa shape index (κ2) is 7.61. The Balaban J connectivity index is 1.78. The van der Waals surface area contributed by atoms with Gasteiger partial charge < -0.3 is 19.3 Å². The Kier molecular flexibility index (Phi) is 4.75. The van der Waals surface area contributed by atoms with Crippen LogP contribution in [0.15, 0.2) is 83.6 Å². The highest BCUT2D eigenvalue weighted by molar-refractivity contribution is 7.89. The summed E-state index contributed by atoms with van der Waals surface area (Å²) in [7, 11) is -4.10. The molecule has 0 radical (unpaired) electrons. The SMILES string of the molecule is O=C(O)OC1=C(c2ccc3c(c2)OCO3)c2ccccc2S(=O)(=O)N1Cc1ccccc1. The first-order valence-corrected chi connectivity index (χ1v) is 11.1. The van der Waals surface area contributed by atoms with Gasteiger partial charge in [0, 0.05) is 5.56 Å². The number of rotatable bonds is 4. The molecule has 3 aromatic carbocycles. The van der Waals surface area contributed by atoms with Gasteiger partial charge in [-0.2, -0.15) is 0 Å². The lowest BCUT2D eigenvalue weighted by Crippen LogP contribution is -2.36. The zero-order chi connectivity index (χ0) is 22.3. The molecule has 0 saturated heterocycles. The molecule has 5 rings (SSSR count). The smallest absolute Gasteiger partial charge is 0.454 e. The molecule has 0 atom stereocenters. The number of hydrogen-bond acceptors (Lipinski definition) is 6. The number of carbonyl (C=O) groups is 1. The molecule has 0 unspecified atom stereocenters. The Morgan fingerprint density at radius 3 is 2.47 bits per heavy atom. The third-order valence-corrected chi connectivity index (χ3v) is 6.97. The number of benzene rings is 3. The van der Waals surface area contributed by atoms with Crippen molar-refractivity contribution in [2.45, 2.75) is 11.4 Å². The van der Waals surface area contributed by atoms with Crippen molar-refractivity contribution in [3.05, 3.63) is 95.4 Å². The average molecular weight is 451 g/mol. The van der Waals surface area contributed by atoms with E-state index in [1.54, 1.807) is 60.7 Å². The molecule has 3 aromatic rings. The summed E-state index contributed by atoms with van der Waals surface area (Å²) in [6.45, 7) is -0.0322. The van der Waals surface area contributed by atoms with E-state index in [4.69, 9.17) is 14.2 Å². The summed E-state index contributed by atoms with van der Waals surface area (Å²) in [5.74, 6) is 0.733. The van der Waals surface area contributed by atoms with Crippen molar-refractivity contribution in [1.82, 2.24) is 4.31 Å². The first-order valence-electron chi connectivity index (χ1n) is 9.66. The topological polar surface area (TPSA) is 102 Å². The van der Waals surface area contributed by atoms with Crippen LogP contribution in [0.25, 0.3) is 5.57 Å². The van der Waals surface area contributed by atoms with Crippen LogP contribution in [0.5, 0.6) is 11.5 Å². The van der Waals surface area contributed by atoms with Crippen molar-refractivity contribution >= 4 is 21.8 Å². The maximum absolute atomic E-state index is 13.5. The lowest BCUT2D eigenvalue weighted by atomic mass is 9.97. The molecule has 2 aliphatic rings. The molecule has 0 amide bonds. The minimum Gasteiger partial charge on any atom is -0.454 e. The van der Waals surface area contributed by atoms with E-state index in [0.717, 1.165) is 4.31 Å². The first kappa shape index (κ1) is 20.0. The van der Waals surface area contributed by atoms with Gasteiger partial charge in [-0.15, -0.1) is 0 Å². The third kappa shape index (κ3) is 3.32. The Morgan fingerprint density at radius 1 is 0.969 bits per heavy atom. The molecular weight excluding hydrogens is 434 g/mol. The van der Waals surface area contributed by atoms with E-state index < -0.39 is 16.2 Å². The second-order valence-corrected chi connectivity index (χ2v) is 8.94. The van der Waals surface area contributed by atoms with Crippen LogP contribution in [0.1, 0.15) is 16.7 Å². The molecule has 0 aromatic heterocycles. The summed E-state index contributed by atoms with van der Waals surface area (Å²) in [6, 6.07) is 20.4. The zero-order valence-corrected chi connectivity index (χ0v) is 17.4. The predicted octanol–water partition coefficient (Wildman–Crippen LogP) is 4.03. The first-order chi connectivity index (χ1) is 15.4. The normalized spacial score (nSPS) is 15.9. The predicted molar refractivity (Wildman–Crippen MR) is 113 cm³/mol. The van der Waals surface area contributed by atoms with Gasteiger partial charge in [0.05, 0.1) is 17.0 Å². The number of ether oxygens (including phenoxy) is 3. The maximum Gasteiger partial charge on any atom is 0.512 e. The summed E-state index contributed by atoms with van der Waals surface area (Å²) in [5, 5.41) is 9.46. The third-order valence-electron chi connectivity index (χ3n) is 5.18. The Morgan fingerprint density at radius 2 is 1.69 bits per heavy atom. The minimum atomic E-state index is -4.10. The second-order valence-electron chi connectivity index (χ2n) is 7.11. The van der Waals surface area contributed by atoms with Gasteiger partial charge in [0.25, 0.3) is 10.0 Å². The number of nitrogens with zero attached hydrogens (tertiary/aromatic N) is 1. The van der Waals surface area contributed by atoms with Crippen LogP contribution >= 0.6 is 0 Å². The quantitative estimate of drug-likeness (QED) is 0.598. The fourth-order valence-corrected chi connectivity index (χ4v) is 5.39. The van der Waals surface area contributed by atoms with Crippen LogP contribution in [0.3, 0.4) is 0 Å². The molecule has 9 heteroatoms. The van der Waals surface area contributed by atoms with E-state index in [-0.39, 0.29) is 24.1 Å². The van der Waals surface area contributed by atoms with Crippen LogP contribution in [-0.2, 0) is 21.3 Å². The number of carboxylic acid groups (broad SMARTS) is 1. The summed E-state index contributed by atoms with van der Waals surface area (Å²) < 4.78 is 44.0. The monoisotopic (exact) mass is 451 g/mol. The minimum absolute atomic E-state index is 0.0568. The van der Waals surface area contributed by atoms with Crippen LogP contribution in [0, 0.1) is 0 Å². The van der Waals surface area contributed by atoms with Gasteiger partial charge in [-0.1, -0.05) is 54.6 Å². The van der Waals surface area contributed by atoms with Crippen LogP contribution < -0.4 is 9.47 Å². The van der Waals surface area contributed by atoms with Gasteiger partial charge in [-0.3, -0.25) is 0 Å². The van der Waals surface area contributed by atoms with E-state index in [1.165, 1.54) is 6.07 Å². The highest BCUT2D eigenvalue weighted by atomic mass is 32.2. The highest BCUT2D eigenvalue weighted by Gasteiger charge is 2.40. The van der Waals surface area contributed by atoms with Gasteiger partial charge in [0.15, 0.2) is 11.5 Å². The van der Waals surface area contributed by atoms with Crippen molar-refractivity contribution < 1.29 is 32.5 Å². The summed E-state index contributed by atoms with van der Waals surface area (Å²) in [4.78, 5) is 11.7. The van der Waals surface area contributed by atoms with Gasteiger partial charge in [-0.05, 0) is 29.3 Å². The zero-order valence-electron chi connectivity index (χ0n) is 16.6. The Hall–Kier alpha value is -3.98. The highest BCUT2D eigenvalue weighted by Crippen LogP contribution is 2.44. The molecule has 1 N–H and O–H groups in total. The molecule has 2 aliphatic heterocycles. The molecule has 162 valence electrons.